The molecule has 3 nitrogen and oxygen atoms in total. The van der Waals surface area contributed by atoms with Gasteiger partial charge in [0, 0.05) is 11.3 Å². The molecule has 0 unspecified atom stereocenters. The lowest BCUT2D eigenvalue weighted by Gasteiger charge is -2.16. The van der Waals surface area contributed by atoms with Gasteiger partial charge in [0.05, 0.1) is 10.9 Å². The molecular weight excluding hydrogens is 365 g/mol. The summed E-state index contributed by atoms with van der Waals surface area (Å²) >= 11 is 0. The van der Waals surface area contributed by atoms with Crippen LogP contribution in [0.25, 0.3) is 21.9 Å². The zero-order chi connectivity index (χ0) is 20.4. The molecule has 0 N–H and O–H groups in total. The molecule has 0 aliphatic rings. The fourth-order valence-corrected chi connectivity index (χ4v) is 3.61. The van der Waals surface area contributed by atoms with Crippen LogP contribution in [0.4, 0.5) is 4.39 Å². The van der Waals surface area contributed by atoms with E-state index in [1.165, 1.54) is 12.1 Å². The Labute approximate surface area is 169 Å². The molecule has 146 valence electrons. The predicted molar refractivity (Wildman–Crippen MR) is 113 cm³/mol. The maximum Gasteiger partial charge on any atom is 0.203 e. The number of fused-ring (bicyclic) bond motifs is 1. The summed E-state index contributed by atoms with van der Waals surface area (Å²) in [5.74, 6) is 0.418. The number of ether oxygens (including phenoxy) is 1. The van der Waals surface area contributed by atoms with Crippen molar-refractivity contribution in [2.24, 2.45) is 0 Å². The number of halogens is 1. The monoisotopic (exact) mass is 387 g/mol. The number of rotatable bonds is 5. The van der Waals surface area contributed by atoms with Gasteiger partial charge in [0.1, 0.15) is 18.2 Å². The molecule has 0 saturated heterocycles. The van der Waals surface area contributed by atoms with Gasteiger partial charge in [-0.1, -0.05) is 56.3 Å². The van der Waals surface area contributed by atoms with E-state index >= 15 is 0 Å². The zero-order valence-corrected chi connectivity index (χ0v) is 16.4. The number of aromatic nitrogens is 1. The van der Waals surface area contributed by atoms with Crippen LogP contribution in [-0.4, -0.2) is 0 Å². The maximum absolute atomic E-state index is 13.4. The second-order valence-corrected chi connectivity index (χ2v) is 7.40. The van der Waals surface area contributed by atoms with Crippen molar-refractivity contribution in [3.63, 3.8) is 0 Å². The van der Waals surface area contributed by atoms with E-state index < -0.39 is 0 Å². The molecule has 0 bridgehead atoms. The lowest BCUT2D eigenvalue weighted by molar-refractivity contribution is -0.613. The quantitative estimate of drug-likeness (QED) is 0.312. The molecule has 0 atom stereocenters. The first kappa shape index (κ1) is 18.9. The summed E-state index contributed by atoms with van der Waals surface area (Å²) in [5.41, 5.74) is 3.40. The summed E-state index contributed by atoms with van der Waals surface area (Å²) in [7, 11) is 0. The summed E-state index contributed by atoms with van der Waals surface area (Å²) < 4.78 is 20.3. The van der Waals surface area contributed by atoms with Gasteiger partial charge in [-0.2, -0.15) is 4.73 Å². The minimum absolute atomic E-state index is 0.0194. The van der Waals surface area contributed by atoms with Crippen molar-refractivity contribution in [2.75, 3.05) is 0 Å². The average molecular weight is 387 g/mol. The first-order chi connectivity index (χ1) is 14.0. The van der Waals surface area contributed by atoms with Crippen LogP contribution in [-0.2, 0) is 6.61 Å². The Morgan fingerprint density at radius 3 is 2.38 bits per heavy atom. The fraction of sp³-hybridized carbons (Fsp3) is 0.160. The molecule has 4 rings (SSSR count). The van der Waals surface area contributed by atoms with Gasteiger partial charge >= 0.3 is 0 Å². The molecule has 0 spiro atoms. The minimum Gasteiger partial charge on any atom is -0.618 e. The molecule has 0 aliphatic carbocycles. The topological polar surface area (TPSA) is 36.2 Å². The standard InChI is InChI=1S/C25H22FNO2/c1-17(2)25-24(19-8-10-21(26)11-9-19)23-13-12-22(14-20(23)15-27(25)28)29-16-18-6-4-3-5-7-18/h3-15,17H,16H2,1-2H3. The van der Waals surface area contributed by atoms with E-state index in [1.807, 2.05) is 62.4 Å². The summed E-state index contributed by atoms with van der Waals surface area (Å²) in [6.07, 6.45) is 1.59. The van der Waals surface area contributed by atoms with Crippen molar-refractivity contribution >= 4 is 10.8 Å². The number of pyridine rings is 1. The maximum atomic E-state index is 13.4. The molecule has 3 aromatic carbocycles. The smallest absolute Gasteiger partial charge is 0.203 e. The summed E-state index contributed by atoms with van der Waals surface area (Å²) in [4.78, 5) is 0. The molecule has 0 amide bonds. The number of hydrogen-bond donors (Lipinski definition) is 0. The van der Waals surface area contributed by atoms with E-state index in [9.17, 15) is 9.60 Å². The Balaban J connectivity index is 1.79. The Morgan fingerprint density at radius 2 is 1.69 bits per heavy atom. The van der Waals surface area contributed by atoms with E-state index in [0.717, 1.165) is 32.2 Å². The summed E-state index contributed by atoms with van der Waals surface area (Å²) in [6.45, 7) is 4.43. The van der Waals surface area contributed by atoms with Crippen LogP contribution in [0.15, 0.2) is 79.0 Å². The van der Waals surface area contributed by atoms with E-state index in [0.29, 0.717) is 18.1 Å². The number of hydrogen-bond acceptors (Lipinski definition) is 2. The molecular formula is C25H22FNO2. The predicted octanol–water partition coefficient (Wildman–Crippen LogP) is 5.98. The SMILES string of the molecule is CC(C)c1c(-c2ccc(F)cc2)c2ccc(OCc3ccccc3)cc2c[n+]1[O-]. The molecule has 1 heterocycles. The Morgan fingerprint density at radius 1 is 0.966 bits per heavy atom. The zero-order valence-electron chi connectivity index (χ0n) is 16.4. The highest BCUT2D eigenvalue weighted by molar-refractivity contribution is 5.97. The van der Waals surface area contributed by atoms with Gasteiger partial charge in [-0.25, -0.2) is 4.39 Å². The van der Waals surface area contributed by atoms with E-state index in [-0.39, 0.29) is 11.7 Å². The van der Waals surface area contributed by atoms with E-state index in [1.54, 1.807) is 18.3 Å². The fourth-order valence-electron chi connectivity index (χ4n) is 3.61. The van der Waals surface area contributed by atoms with Crippen molar-refractivity contribution in [1.29, 1.82) is 0 Å². The molecule has 0 fully saturated rings. The van der Waals surface area contributed by atoms with Crippen molar-refractivity contribution in [2.45, 2.75) is 26.4 Å². The van der Waals surface area contributed by atoms with Crippen molar-refractivity contribution in [3.8, 4) is 16.9 Å². The summed E-state index contributed by atoms with van der Waals surface area (Å²) in [6, 6.07) is 22.0. The third kappa shape index (κ3) is 3.92. The Kier molecular flexibility index (Phi) is 5.17. The van der Waals surface area contributed by atoms with Gasteiger partial charge in [-0.05, 0) is 41.5 Å². The van der Waals surface area contributed by atoms with Gasteiger partial charge in [0.25, 0.3) is 0 Å². The Hall–Kier alpha value is -3.40. The third-order valence-electron chi connectivity index (χ3n) is 4.97. The van der Waals surface area contributed by atoms with Crippen molar-refractivity contribution < 1.29 is 13.9 Å². The first-order valence-corrected chi connectivity index (χ1v) is 9.65. The number of nitrogens with zero attached hydrogens (tertiary/aromatic N) is 1. The Bertz CT molecular complexity index is 1140. The first-order valence-electron chi connectivity index (χ1n) is 9.65. The summed E-state index contributed by atoms with van der Waals surface area (Å²) in [5, 5.41) is 14.6. The second kappa shape index (κ2) is 7.92. The van der Waals surface area contributed by atoms with Gasteiger partial charge in [-0.15, -0.1) is 0 Å². The van der Waals surface area contributed by atoms with Crippen LogP contribution in [0.3, 0.4) is 0 Å². The van der Waals surface area contributed by atoms with Gasteiger partial charge < -0.3 is 9.94 Å². The number of benzene rings is 3. The highest BCUT2D eigenvalue weighted by Crippen LogP contribution is 2.35. The normalized spacial score (nSPS) is 11.2. The van der Waals surface area contributed by atoms with E-state index in [4.69, 9.17) is 4.74 Å². The third-order valence-corrected chi connectivity index (χ3v) is 4.97. The van der Waals surface area contributed by atoms with Crippen LogP contribution < -0.4 is 9.47 Å². The van der Waals surface area contributed by atoms with Gasteiger partial charge in [0.2, 0.25) is 5.69 Å². The second-order valence-electron chi connectivity index (χ2n) is 7.40. The molecule has 0 aliphatic heterocycles. The largest absolute Gasteiger partial charge is 0.618 e. The molecule has 29 heavy (non-hydrogen) atoms. The molecule has 0 radical (unpaired) electrons. The highest BCUT2D eigenvalue weighted by atomic mass is 19.1. The van der Waals surface area contributed by atoms with Crippen LogP contribution in [0.5, 0.6) is 5.75 Å². The van der Waals surface area contributed by atoms with Crippen molar-refractivity contribution in [1.82, 2.24) is 0 Å². The molecule has 0 saturated carbocycles. The lowest BCUT2D eigenvalue weighted by Crippen LogP contribution is -2.33. The van der Waals surface area contributed by atoms with Crippen LogP contribution >= 0.6 is 0 Å². The average Bonchev–Trinajstić information content (AvgIpc) is 2.72. The molecule has 1 aromatic heterocycles. The van der Waals surface area contributed by atoms with Crippen molar-refractivity contribution in [3.05, 3.63) is 101 Å². The van der Waals surface area contributed by atoms with E-state index in [2.05, 4.69) is 0 Å². The lowest BCUT2D eigenvalue weighted by atomic mass is 9.92. The highest BCUT2D eigenvalue weighted by Gasteiger charge is 2.22. The molecule has 4 aromatic rings. The van der Waals surface area contributed by atoms with Crippen LogP contribution in [0, 0.1) is 11.0 Å². The minimum atomic E-state index is -0.299. The van der Waals surface area contributed by atoms with Crippen LogP contribution in [0.2, 0.25) is 0 Å². The van der Waals surface area contributed by atoms with Gasteiger partial charge in [-0.3, -0.25) is 0 Å². The van der Waals surface area contributed by atoms with Gasteiger partial charge in [0.15, 0.2) is 6.20 Å². The molecule has 4 heteroatoms. The van der Waals surface area contributed by atoms with Crippen LogP contribution in [0.1, 0.15) is 31.0 Å².